The number of carbonyl (C=O) groups excluding carboxylic acids is 3. The van der Waals surface area contributed by atoms with Crippen LogP contribution in [0.15, 0.2) is 54.7 Å². The highest BCUT2D eigenvalue weighted by atomic mass is 16.5. The first-order chi connectivity index (χ1) is 25.7. The molecule has 0 aliphatic carbocycles. The summed E-state index contributed by atoms with van der Waals surface area (Å²) in [6.45, 7) is 8.15. The number of benzene rings is 2. The van der Waals surface area contributed by atoms with E-state index in [9.17, 15) is 14.4 Å². The van der Waals surface area contributed by atoms with Gasteiger partial charge in [-0.1, -0.05) is 62.4 Å². The number of alkyl carbamates (subject to hydrolysis) is 1. The van der Waals surface area contributed by atoms with E-state index in [4.69, 9.17) is 14.2 Å². The van der Waals surface area contributed by atoms with Crippen LogP contribution in [-0.4, -0.2) is 82.1 Å². The van der Waals surface area contributed by atoms with Crippen molar-refractivity contribution in [3.8, 4) is 33.6 Å². The Morgan fingerprint density at radius 1 is 0.849 bits per heavy atom. The van der Waals surface area contributed by atoms with Gasteiger partial charge in [-0.3, -0.25) is 9.59 Å². The number of nitrogens with one attached hydrogen (secondary N) is 3. The minimum Gasteiger partial charge on any atom is -0.453 e. The molecule has 7 rings (SSSR count). The normalized spacial score (nSPS) is 19.4. The number of rotatable bonds is 11. The van der Waals surface area contributed by atoms with E-state index in [0.29, 0.717) is 26.2 Å². The number of carbonyl (C=O) groups is 3. The molecule has 2 fully saturated rings. The van der Waals surface area contributed by atoms with E-state index in [1.54, 1.807) is 7.11 Å². The molecule has 2 aromatic heterocycles. The molecule has 3 N–H and O–H groups in total. The highest BCUT2D eigenvalue weighted by Gasteiger charge is 2.39. The monoisotopic (exact) mass is 722 g/mol. The number of methoxy groups -OCH3 is 2. The molecule has 2 saturated heterocycles. The van der Waals surface area contributed by atoms with E-state index in [0.717, 1.165) is 88.5 Å². The van der Waals surface area contributed by atoms with Gasteiger partial charge >= 0.3 is 6.09 Å². The van der Waals surface area contributed by atoms with Gasteiger partial charge in [0.15, 0.2) is 0 Å². The van der Waals surface area contributed by atoms with Crippen molar-refractivity contribution in [1.29, 1.82) is 0 Å². The second kappa shape index (κ2) is 15.6. The quantitative estimate of drug-likeness (QED) is 0.153. The standard InChI is InChI=1S/C41H50N6O6/c1-24(2)36(45-41(50)52-5)40(49)47-19-6-8-33(47)38-31-23-53-22-30(31)37(44-38)29-16-12-27(13-17-29)26-10-14-28(15-11-26)32-21-42-39(43-32)34-9-7-18-46(34)35(48)20-25(3)51-4/h10-17,21,24-25,33-34,36,44H,6-9,18-20,22-23H2,1-5H3,(H,42,43)(H,45,50)/t25-,33+,34+,36+/m1/s1. The number of ether oxygens (including phenoxy) is 3. The van der Waals surface area contributed by atoms with E-state index in [1.165, 1.54) is 7.11 Å². The summed E-state index contributed by atoms with van der Waals surface area (Å²) < 4.78 is 16.1. The van der Waals surface area contributed by atoms with E-state index in [1.807, 2.05) is 36.8 Å². The van der Waals surface area contributed by atoms with Gasteiger partial charge in [0.1, 0.15) is 11.9 Å². The lowest BCUT2D eigenvalue weighted by Gasteiger charge is -2.31. The van der Waals surface area contributed by atoms with Gasteiger partial charge in [-0.2, -0.15) is 0 Å². The molecular formula is C41H50N6O6. The second-order valence-electron chi connectivity index (χ2n) is 14.7. The van der Waals surface area contributed by atoms with Crippen molar-refractivity contribution in [2.24, 2.45) is 5.92 Å². The molecule has 3 amide bonds. The first-order valence-corrected chi connectivity index (χ1v) is 18.7. The number of amides is 3. The average molecular weight is 723 g/mol. The topological polar surface area (TPSA) is 142 Å². The van der Waals surface area contributed by atoms with Crippen LogP contribution in [0.1, 0.15) is 87.6 Å². The van der Waals surface area contributed by atoms with Crippen LogP contribution in [0.2, 0.25) is 0 Å². The van der Waals surface area contributed by atoms with Gasteiger partial charge in [0.25, 0.3) is 0 Å². The maximum Gasteiger partial charge on any atom is 0.407 e. The number of likely N-dealkylation sites (tertiary alicyclic amines) is 2. The van der Waals surface area contributed by atoms with E-state index < -0.39 is 12.1 Å². The molecule has 12 heteroatoms. The van der Waals surface area contributed by atoms with Crippen molar-refractivity contribution >= 4 is 17.9 Å². The number of nitrogens with zero attached hydrogens (tertiary/aromatic N) is 3. The van der Waals surface area contributed by atoms with Gasteiger partial charge in [0, 0.05) is 37.0 Å². The second-order valence-corrected chi connectivity index (χ2v) is 14.7. The molecule has 280 valence electrons. The first kappa shape index (κ1) is 36.4. The Hall–Kier alpha value is -4.94. The first-order valence-electron chi connectivity index (χ1n) is 18.7. The molecule has 3 aliphatic heterocycles. The summed E-state index contributed by atoms with van der Waals surface area (Å²) in [7, 11) is 2.94. The van der Waals surface area contributed by atoms with Crippen LogP contribution < -0.4 is 5.32 Å². The van der Waals surface area contributed by atoms with Crippen molar-refractivity contribution in [2.45, 2.75) is 90.3 Å². The Morgan fingerprint density at radius 3 is 2.13 bits per heavy atom. The summed E-state index contributed by atoms with van der Waals surface area (Å²) in [5.41, 5.74) is 9.51. The number of hydrogen-bond donors (Lipinski definition) is 3. The fourth-order valence-electron chi connectivity index (χ4n) is 8.04. The molecule has 2 aromatic carbocycles. The molecule has 4 atom stereocenters. The number of fused-ring (bicyclic) bond motifs is 1. The fraction of sp³-hybridized carbons (Fsp3) is 0.463. The van der Waals surface area contributed by atoms with Crippen molar-refractivity contribution < 1.29 is 28.6 Å². The minimum atomic E-state index is -0.671. The molecule has 0 unspecified atom stereocenters. The lowest BCUT2D eigenvalue weighted by molar-refractivity contribution is -0.136. The Morgan fingerprint density at radius 2 is 1.47 bits per heavy atom. The number of H-pyrrole nitrogens is 2. The molecule has 12 nitrogen and oxygen atoms in total. The smallest absolute Gasteiger partial charge is 0.407 e. The molecular weight excluding hydrogens is 672 g/mol. The Bertz CT molecular complexity index is 1930. The number of aromatic nitrogens is 3. The van der Waals surface area contributed by atoms with Gasteiger partial charge in [0.2, 0.25) is 11.8 Å². The van der Waals surface area contributed by atoms with Crippen LogP contribution in [-0.2, 0) is 37.0 Å². The van der Waals surface area contributed by atoms with Crippen molar-refractivity contribution in [1.82, 2.24) is 30.1 Å². The van der Waals surface area contributed by atoms with Crippen molar-refractivity contribution in [3.05, 3.63) is 77.4 Å². The van der Waals surface area contributed by atoms with Crippen molar-refractivity contribution in [2.75, 3.05) is 27.3 Å². The third kappa shape index (κ3) is 7.34. The number of imidazole rings is 1. The Kier molecular flexibility index (Phi) is 10.7. The SMILES string of the molecule is COC(=O)N[C@H](C(=O)N1CCC[C@H]1c1[nH]c(-c2ccc(-c3ccc(-c4cnc([C@@H]5CCCN5C(=O)C[C@@H](C)OC)[nH]4)cc3)cc2)c2c1COC2)C(C)C. The lowest BCUT2D eigenvalue weighted by Crippen LogP contribution is -2.51. The maximum absolute atomic E-state index is 13.8. The third-order valence-corrected chi connectivity index (χ3v) is 11.1. The largest absolute Gasteiger partial charge is 0.453 e. The predicted molar refractivity (Wildman–Crippen MR) is 200 cm³/mol. The summed E-state index contributed by atoms with van der Waals surface area (Å²) in [5, 5.41) is 2.74. The zero-order valence-corrected chi connectivity index (χ0v) is 31.2. The van der Waals surface area contributed by atoms with Gasteiger partial charge in [-0.25, -0.2) is 9.78 Å². The van der Waals surface area contributed by atoms with Gasteiger partial charge in [-0.05, 0) is 60.8 Å². The average Bonchev–Trinajstić information content (AvgIpc) is 4.02. The minimum absolute atomic E-state index is 0.0474. The van der Waals surface area contributed by atoms with E-state index in [-0.39, 0.29) is 35.9 Å². The van der Waals surface area contributed by atoms with E-state index >= 15 is 0 Å². The van der Waals surface area contributed by atoms with Gasteiger partial charge in [-0.15, -0.1) is 0 Å². The summed E-state index contributed by atoms with van der Waals surface area (Å²) >= 11 is 0. The zero-order valence-electron chi connectivity index (χ0n) is 31.2. The van der Waals surface area contributed by atoms with Gasteiger partial charge in [0.05, 0.1) is 62.5 Å². The molecule has 4 aromatic rings. The third-order valence-electron chi connectivity index (χ3n) is 11.1. The molecule has 3 aliphatic rings. The van der Waals surface area contributed by atoms with Crippen LogP contribution in [0.3, 0.4) is 0 Å². The van der Waals surface area contributed by atoms with Crippen LogP contribution in [0.25, 0.3) is 33.6 Å². The fourth-order valence-corrected chi connectivity index (χ4v) is 8.04. The summed E-state index contributed by atoms with van der Waals surface area (Å²) in [4.78, 5) is 54.5. The zero-order chi connectivity index (χ0) is 37.2. The molecule has 5 heterocycles. The van der Waals surface area contributed by atoms with Gasteiger partial charge < -0.3 is 39.3 Å². The lowest BCUT2D eigenvalue weighted by atomic mass is 9.99. The molecule has 0 saturated carbocycles. The molecule has 0 spiro atoms. The highest BCUT2D eigenvalue weighted by Crippen LogP contribution is 2.42. The van der Waals surface area contributed by atoms with Crippen LogP contribution in [0.4, 0.5) is 4.79 Å². The number of aromatic amines is 2. The van der Waals surface area contributed by atoms with E-state index in [2.05, 4.69) is 68.8 Å². The molecule has 0 bridgehead atoms. The molecule has 0 radical (unpaired) electrons. The van der Waals surface area contributed by atoms with Crippen LogP contribution in [0.5, 0.6) is 0 Å². The maximum atomic E-state index is 13.8. The highest BCUT2D eigenvalue weighted by molar-refractivity contribution is 5.86. The van der Waals surface area contributed by atoms with Crippen molar-refractivity contribution in [3.63, 3.8) is 0 Å². The van der Waals surface area contributed by atoms with Crippen LogP contribution in [0, 0.1) is 5.92 Å². The number of hydrogen-bond acceptors (Lipinski definition) is 7. The van der Waals surface area contributed by atoms with Crippen LogP contribution >= 0.6 is 0 Å². The summed E-state index contributed by atoms with van der Waals surface area (Å²) in [6.07, 6.45) is 5.07. The summed E-state index contributed by atoms with van der Waals surface area (Å²) in [5.74, 6) is 0.733. The summed E-state index contributed by atoms with van der Waals surface area (Å²) in [6, 6.07) is 16.1. The Balaban J connectivity index is 1.06. The predicted octanol–water partition coefficient (Wildman–Crippen LogP) is 6.90. The molecule has 53 heavy (non-hydrogen) atoms. The Labute approximate surface area is 310 Å².